The van der Waals surface area contributed by atoms with E-state index < -0.39 is 18.4 Å². The van der Waals surface area contributed by atoms with E-state index in [1.54, 1.807) is 27.7 Å². The number of ether oxygens (including phenoxy) is 1. The number of hydrogen-bond acceptors (Lipinski definition) is 3. The SMILES string of the molecule is CC(CF)=C(CO)CNC(=O)OC(C)(C)C. The van der Waals surface area contributed by atoms with Crippen LogP contribution in [0.25, 0.3) is 0 Å². The zero-order chi connectivity index (χ0) is 12.8. The predicted molar refractivity (Wildman–Crippen MR) is 60.0 cm³/mol. The fraction of sp³-hybridized carbons (Fsp3) is 0.727. The van der Waals surface area contributed by atoms with E-state index in [0.29, 0.717) is 11.1 Å². The first-order chi connectivity index (χ1) is 7.30. The number of nitrogens with one attached hydrogen (secondary N) is 1. The molecule has 0 saturated heterocycles. The maximum atomic E-state index is 12.3. The Balaban J connectivity index is 4.19. The predicted octanol–water partition coefficient (Wildman–Crippen LogP) is 1.79. The van der Waals surface area contributed by atoms with Crippen LogP contribution >= 0.6 is 0 Å². The van der Waals surface area contributed by atoms with Crippen molar-refractivity contribution in [3.8, 4) is 0 Å². The van der Waals surface area contributed by atoms with Crippen molar-refractivity contribution in [2.75, 3.05) is 19.8 Å². The number of halogens is 1. The number of amides is 1. The van der Waals surface area contributed by atoms with Crippen molar-refractivity contribution in [3.63, 3.8) is 0 Å². The van der Waals surface area contributed by atoms with Gasteiger partial charge in [-0.25, -0.2) is 9.18 Å². The van der Waals surface area contributed by atoms with Gasteiger partial charge in [0.15, 0.2) is 0 Å². The largest absolute Gasteiger partial charge is 0.444 e. The average Bonchev–Trinajstić information content (AvgIpc) is 2.15. The van der Waals surface area contributed by atoms with Gasteiger partial charge in [-0.2, -0.15) is 0 Å². The number of rotatable bonds is 4. The van der Waals surface area contributed by atoms with E-state index in [1.807, 2.05) is 0 Å². The Hall–Kier alpha value is -1.10. The molecule has 0 rings (SSSR count). The van der Waals surface area contributed by atoms with Crippen LogP contribution in [-0.4, -0.2) is 36.6 Å². The van der Waals surface area contributed by atoms with Crippen molar-refractivity contribution in [3.05, 3.63) is 11.1 Å². The molecule has 0 saturated carbocycles. The van der Waals surface area contributed by atoms with Gasteiger partial charge in [-0.05, 0) is 38.8 Å². The topological polar surface area (TPSA) is 58.6 Å². The molecular formula is C11H20FNO3. The fourth-order valence-electron chi connectivity index (χ4n) is 0.929. The Labute approximate surface area is 95.5 Å². The number of aliphatic hydroxyl groups excluding tert-OH is 1. The molecule has 0 aliphatic carbocycles. The number of alkyl carbamates (subject to hydrolysis) is 1. The Morgan fingerprint density at radius 3 is 2.38 bits per heavy atom. The Morgan fingerprint density at radius 1 is 1.44 bits per heavy atom. The summed E-state index contributed by atoms with van der Waals surface area (Å²) in [5.41, 5.74) is 0.328. The summed E-state index contributed by atoms with van der Waals surface area (Å²) in [7, 11) is 0. The maximum absolute atomic E-state index is 12.3. The molecule has 5 heteroatoms. The average molecular weight is 233 g/mol. The van der Waals surface area contributed by atoms with Gasteiger partial charge in [-0.15, -0.1) is 0 Å². The molecule has 0 spiro atoms. The van der Waals surface area contributed by atoms with E-state index in [4.69, 9.17) is 9.84 Å². The summed E-state index contributed by atoms with van der Waals surface area (Å²) >= 11 is 0. The summed E-state index contributed by atoms with van der Waals surface area (Å²) in [6.07, 6.45) is -0.579. The normalized spacial score (nSPS) is 13.1. The molecule has 2 N–H and O–H groups in total. The number of hydrogen-bond donors (Lipinski definition) is 2. The minimum absolute atomic E-state index is 0.0984. The third-order valence-corrected chi connectivity index (χ3v) is 1.84. The van der Waals surface area contributed by atoms with Crippen molar-refractivity contribution in [1.29, 1.82) is 0 Å². The van der Waals surface area contributed by atoms with Crippen molar-refractivity contribution >= 4 is 6.09 Å². The lowest BCUT2D eigenvalue weighted by molar-refractivity contribution is 0.0531. The first-order valence-corrected chi connectivity index (χ1v) is 5.11. The van der Waals surface area contributed by atoms with Crippen LogP contribution in [-0.2, 0) is 4.74 Å². The van der Waals surface area contributed by atoms with Crippen LogP contribution in [0.1, 0.15) is 27.7 Å². The summed E-state index contributed by atoms with van der Waals surface area (Å²) in [6, 6.07) is 0. The molecule has 1 amide bonds. The van der Waals surface area contributed by atoms with Crippen LogP contribution in [0, 0.1) is 0 Å². The van der Waals surface area contributed by atoms with Crippen LogP contribution in [0.15, 0.2) is 11.1 Å². The molecule has 0 aromatic carbocycles. The van der Waals surface area contributed by atoms with Gasteiger partial charge in [0.1, 0.15) is 12.3 Å². The summed E-state index contributed by atoms with van der Waals surface area (Å²) in [4.78, 5) is 11.3. The quantitative estimate of drug-likeness (QED) is 0.728. The highest BCUT2D eigenvalue weighted by Gasteiger charge is 2.16. The van der Waals surface area contributed by atoms with Crippen LogP contribution in [0.3, 0.4) is 0 Å². The molecular weight excluding hydrogens is 213 g/mol. The molecule has 0 aliphatic rings. The van der Waals surface area contributed by atoms with E-state index in [-0.39, 0.29) is 13.2 Å². The molecule has 0 atom stereocenters. The number of carbonyl (C=O) groups is 1. The van der Waals surface area contributed by atoms with E-state index in [1.165, 1.54) is 0 Å². The lowest BCUT2D eigenvalue weighted by Gasteiger charge is -2.20. The van der Waals surface area contributed by atoms with Gasteiger partial charge >= 0.3 is 6.09 Å². The molecule has 0 heterocycles. The van der Waals surface area contributed by atoms with Crippen LogP contribution in [0.2, 0.25) is 0 Å². The van der Waals surface area contributed by atoms with Gasteiger partial charge in [-0.3, -0.25) is 0 Å². The molecule has 0 aliphatic heterocycles. The molecule has 0 fully saturated rings. The van der Waals surface area contributed by atoms with Gasteiger partial charge < -0.3 is 15.2 Å². The van der Waals surface area contributed by atoms with Crippen LogP contribution in [0.5, 0.6) is 0 Å². The third kappa shape index (κ3) is 6.40. The molecule has 4 nitrogen and oxygen atoms in total. The highest BCUT2D eigenvalue weighted by molar-refractivity contribution is 5.68. The summed E-state index contributed by atoms with van der Waals surface area (Å²) < 4.78 is 17.3. The maximum Gasteiger partial charge on any atom is 0.407 e. The minimum atomic E-state index is -0.633. The Kier molecular flexibility index (Phi) is 6.03. The van der Waals surface area contributed by atoms with Crippen LogP contribution < -0.4 is 5.32 Å². The smallest absolute Gasteiger partial charge is 0.407 e. The second-order valence-corrected chi connectivity index (χ2v) is 4.53. The monoisotopic (exact) mass is 233 g/mol. The number of aliphatic hydroxyl groups is 1. The van der Waals surface area contributed by atoms with E-state index in [0.717, 1.165) is 0 Å². The first kappa shape index (κ1) is 14.9. The fourth-order valence-corrected chi connectivity index (χ4v) is 0.929. The molecule has 0 radical (unpaired) electrons. The van der Waals surface area contributed by atoms with Gasteiger partial charge in [0.25, 0.3) is 0 Å². The second-order valence-electron chi connectivity index (χ2n) is 4.53. The summed E-state index contributed by atoms with van der Waals surface area (Å²) in [5.74, 6) is 0. The number of alkyl halides is 1. The van der Waals surface area contributed by atoms with Crippen molar-refractivity contribution in [2.45, 2.75) is 33.3 Å². The lowest BCUT2D eigenvalue weighted by atomic mass is 10.1. The van der Waals surface area contributed by atoms with Gasteiger partial charge in [0, 0.05) is 6.54 Å². The zero-order valence-electron chi connectivity index (χ0n) is 10.3. The summed E-state index contributed by atoms with van der Waals surface area (Å²) in [6.45, 7) is 6.02. The number of allylic oxidation sites excluding steroid dienone is 1. The van der Waals surface area contributed by atoms with Gasteiger partial charge in [-0.1, -0.05) is 0 Å². The molecule has 0 aromatic heterocycles. The van der Waals surface area contributed by atoms with Crippen molar-refractivity contribution < 1.29 is 19.0 Å². The van der Waals surface area contributed by atoms with Gasteiger partial charge in [0.05, 0.1) is 6.61 Å². The summed E-state index contributed by atoms with van der Waals surface area (Å²) in [5, 5.41) is 11.4. The van der Waals surface area contributed by atoms with E-state index in [2.05, 4.69) is 5.32 Å². The molecule has 0 bridgehead atoms. The highest BCUT2D eigenvalue weighted by atomic mass is 19.1. The molecule has 16 heavy (non-hydrogen) atoms. The first-order valence-electron chi connectivity index (χ1n) is 5.11. The lowest BCUT2D eigenvalue weighted by Crippen LogP contribution is -2.34. The molecule has 0 aromatic rings. The Morgan fingerprint density at radius 2 is 2.00 bits per heavy atom. The highest BCUT2D eigenvalue weighted by Crippen LogP contribution is 2.07. The van der Waals surface area contributed by atoms with Crippen molar-refractivity contribution in [1.82, 2.24) is 5.32 Å². The Bertz CT molecular complexity index is 269. The third-order valence-electron chi connectivity index (χ3n) is 1.84. The van der Waals surface area contributed by atoms with E-state index in [9.17, 15) is 9.18 Å². The second kappa shape index (κ2) is 6.48. The molecule has 94 valence electrons. The van der Waals surface area contributed by atoms with Crippen LogP contribution in [0.4, 0.5) is 9.18 Å². The van der Waals surface area contributed by atoms with E-state index >= 15 is 0 Å². The van der Waals surface area contributed by atoms with Crippen molar-refractivity contribution in [2.24, 2.45) is 0 Å². The minimum Gasteiger partial charge on any atom is -0.444 e. The van der Waals surface area contributed by atoms with Gasteiger partial charge in [0.2, 0.25) is 0 Å². The molecule has 0 unspecified atom stereocenters. The zero-order valence-corrected chi connectivity index (χ0v) is 10.3. The number of carbonyl (C=O) groups excluding carboxylic acids is 1. The standard InChI is InChI=1S/C11H20FNO3/c1-8(5-12)9(7-14)6-13-10(15)16-11(2,3)4/h14H,5-7H2,1-4H3,(H,13,15).